The second-order valence-corrected chi connectivity index (χ2v) is 8.71. The van der Waals surface area contributed by atoms with Crippen LogP contribution in [0.2, 0.25) is 0 Å². The van der Waals surface area contributed by atoms with Gasteiger partial charge in [-0.1, -0.05) is 60.7 Å². The minimum atomic E-state index is -3.59. The van der Waals surface area contributed by atoms with E-state index in [1.165, 1.54) is 4.90 Å². The Hall–Kier alpha value is -3.12. The van der Waals surface area contributed by atoms with E-state index >= 15 is 0 Å². The van der Waals surface area contributed by atoms with Gasteiger partial charge in [-0.05, 0) is 35.4 Å². The molecule has 28 heavy (non-hydrogen) atoms. The highest BCUT2D eigenvalue weighted by Gasteiger charge is 2.44. The van der Waals surface area contributed by atoms with E-state index in [1.54, 1.807) is 24.3 Å². The average Bonchev–Trinajstić information content (AvgIpc) is 2.92. The predicted molar refractivity (Wildman–Crippen MR) is 106 cm³/mol. The van der Waals surface area contributed by atoms with Gasteiger partial charge < -0.3 is 9.64 Å². The molecule has 0 aliphatic carbocycles. The van der Waals surface area contributed by atoms with E-state index in [9.17, 15) is 13.2 Å². The van der Waals surface area contributed by atoms with Gasteiger partial charge in [-0.2, -0.15) is 0 Å². The molecule has 4 rings (SSSR count). The number of rotatable bonds is 5. The van der Waals surface area contributed by atoms with Crippen LogP contribution < -0.4 is 4.74 Å². The Labute approximate surface area is 164 Å². The number of sulfone groups is 1. The number of amides is 1. The zero-order valence-electron chi connectivity index (χ0n) is 15.1. The Morgan fingerprint density at radius 3 is 2.04 bits per heavy atom. The van der Waals surface area contributed by atoms with E-state index < -0.39 is 21.0 Å². The van der Waals surface area contributed by atoms with Crippen molar-refractivity contribution in [2.24, 2.45) is 0 Å². The number of benzene rings is 3. The molecule has 0 aromatic heterocycles. The molecule has 0 radical (unpaired) electrons. The van der Waals surface area contributed by atoms with E-state index in [1.807, 2.05) is 60.7 Å². The molecule has 0 bridgehead atoms. The number of hydrogen-bond acceptors (Lipinski definition) is 4. The lowest BCUT2D eigenvalue weighted by Gasteiger charge is -2.24. The van der Waals surface area contributed by atoms with Crippen LogP contribution in [0.4, 0.5) is 0 Å². The molecule has 3 aromatic carbocycles. The summed E-state index contributed by atoms with van der Waals surface area (Å²) in [4.78, 5) is 13.8. The molecular formula is C22H19NO4S. The first kappa shape index (κ1) is 18.3. The van der Waals surface area contributed by atoms with Crippen LogP contribution in [0.15, 0.2) is 84.9 Å². The Balaban J connectivity index is 1.60. The molecule has 1 aliphatic heterocycles. The maximum absolute atomic E-state index is 12.7. The van der Waals surface area contributed by atoms with Gasteiger partial charge in [0.05, 0.1) is 0 Å². The molecule has 0 saturated carbocycles. The summed E-state index contributed by atoms with van der Waals surface area (Å²) in [6.45, 7) is 0.256. The summed E-state index contributed by atoms with van der Waals surface area (Å²) < 4.78 is 31.1. The number of carbonyl (C=O) groups is 1. The van der Waals surface area contributed by atoms with Crippen molar-refractivity contribution >= 4 is 15.7 Å². The Morgan fingerprint density at radius 1 is 0.821 bits per heavy atom. The van der Waals surface area contributed by atoms with E-state index in [2.05, 4.69) is 0 Å². The highest BCUT2D eigenvalue weighted by atomic mass is 32.2. The van der Waals surface area contributed by atoms with Gasteiger partial charge in [-0.25, -0.2) is 8.42 Å². The summed E-state index contributed by atoms with van der Waals surface area (Å²) in [7, 11) is -3.59. The van der Waals surface area contributed by atoms with Crippen molar-refractivity contribution in [3.8, 4) is 11.5 Å². The van der Waals surface area contributed by atoms with E-state index in [4.69, 9.17) is 4.74 Å². The van der Waals surface area contributed by atoms with Crippen molar-refractivity contribution in [1.82, 2.24) is 4.90 Å². The minimum absolute atomic E-state index is 0.256. The highest BCUT2D eigenvalue weighted by molar-refractivity contribution is 7.92. The summed E-state index contributed by atoms with van der Waals surface area (Å²) in [5, 5.41) is -0.981. The van der Waals surface area contributed by atoms with Gasteiger partial charge in [0.1, 0.15) is 17.3 Å². The molecule has 1 fully saturated rings. The zero-order chi connectivity index (χ0) is 19.6. The Kier molecular flexibility index (Phi) is 4.88. The van der Waals surface area contributed by atoms with Crippen molar-refractivity contribution in [1.29, 1.82) is 0 Å². The largest absolute Gasteiger partial charge is 0.457 e. The van der Waals surface area contributed by atoms with Gasteiger partial charge in [0.15, 0.2) is 15.2 Å². The average molecular weight is 393 g/mol. The van der Waals surface area contributed by atoms with Gasteiger partial charge in [0.25, 0.3) is 0 Å². The van der Waals surface area contributed by atoms with Crippen LogP contribution in [0.1, 0.15) is 16.5 Å². The van der Waals surface area contributed by atoms with Crippen LogP contribution in [0.3, 0.4) is 0 Å². The molecule has 1 saturated heterocycles. The highest BCUT2D eigenvalue weighted by Crippen LogP contribution is 2.35. The number of carbonyl (C=O) groups excluding carboxylic acids is 1. The Morgan fingerprint density at radius 2 is 1.39 bits per heavy atom. The van der Waals surface area contributed by atoms with Crippen molar-refractivity contribution in [3.63, 3.8) is 0 Å². The first-order valence-electron chi connectivity index (χ1n) is 8.91. The molecule has 1 heterocycles. The lowest BCUT2D eigenvalue weighted by atomic mass is 10.1. The molecule has 1 atom stereocenters. The normalized spacial score (nSPS) is 18.2. The number of para-hydroxylation sites is 1. The van der Waals surface area contributed by atoms with Crippen LogP contribution in [-0.2, 0) is 21.2 Å². The standard InChI is InChI=1S/C22H19NO4S/c24-21-16-28(25,26)22(23(21)15-17-7-3-1-4-8-17)18-11-13-20(14-12-18)27-19-9-5-2-6-10-19/h1-14,22H,15-16H2/t22-/m0/s1. The second kappa shape index (κ2) is 7.48. The zero-order valence-corrected chi connectivity index (χ0v) is 15.9. The van der Waals surface area contributed by atoms with Crippen LogP contribution in [-0.4, -0.2) is 25.0 Å². The summed E-state index contributed by atoms with van der Waals surface area (Å²) >= 11 is 0. The number of nitrogens with zero attached hydrogens (tertiary/aromatic N) is 1. The summed E-state index contributed by atoms with van der Waals surface area (Å²) in [6.07, 6.45) is 0. The van der Waals surface area contributed by atoms with Gasteiger partial charge in [-0.3, -0.25) is 4.79 Å². The molecule has 3 aromatic rings. The third-order valence-corrected chi connectivity index (χ3v) is 6.46. The fraction of sp³-hybridized carbons (Fsp3) is 0.136. The van der Waals surface area contributed by atoms with E-state index in [0.717, 1.165) is 5.56 Å². The van der Waals surface area contributed by atoms with Crippen molar-refractivity contribution < 1.29 is 17.9 Å². The lowest BCUT2D eigenvalue weighted by Crippen LogP contribution is -2.28. The molecule has 0 spiro atoms. The lowest BCUT2D eigenvalue weighted by molar-refractivity contribution is -0.128. The van der Waals surface area contributed by atoms with Gasteiger partial charge in [0.2, 0.25) is 5.91 Å². The minimum Gasteiger partial charge on any atom is -0.457 e. The van der Waals surface area contributed by atoms with E-state index in [-0.39, 0.29) is 12.5 Å². The van der Waals surface area contributed by atoms with Crippen LogP contribution in [0.25, 0.3) is 0 Å². The molecule has 142 valence electrons. The second-order valence-electron chi connectivity index (χ2n) is 6.65. The van der Waals surface area contributed by atoms with Gasteiger partial charge in [-0.15, -0.1) is 0 Å². The molecule has 0 unspecified atom stereocenters. The van der Waals surface area contributed by atoms with Crippen molar-refractivity contribution in [2.45, 2.75) is 11.9 Å². The maximum atomic E-state index is 12.7. The van der Waals surface area contributed by atoms with E-state index in [0.29, 0.717) is 17.1 Å². The molecule has 6 heteroatoms. The molecular weight excluding hydrogens is 374 g/mol. The first-order chi connectivity index (χ1) is 13.5. The third-order valence-electron chi connectivity index (χ3n) is 4.61. The third kappa shape index (κ3) is 3.77. The molecule has 1 amide bonds. The van der Waals surface area contributed by atoms with Crippen LogP contribution in [0, 0.1) is 0 Å². The number of hydrogen-bond donors (Lipinski definition) is 0. The summed E-state index contributed by atoms with van der Waals surface area (Å²) in [5.41, 5.74) is 1.45. The summed E-state index contributed by atoms with van der Waals surface area (Å²) in [6, 6.07) is 25.6. The summed E-state index contributed by atoms with van der Waals surface area (Å²) in [5.74, 6) is 0.460. The predicted octanol–water partition coefficient (Wildman–Crippen LogP) is 3.93. The fourth-order valence-electron chi connectivity index (χ4n) is 3.32. The van der Waals surface area contributed by atoms with Gasteiger partial charge >= 0.3 is 0 Å². The van der Waals surface area contributed by atoms with Gasteiger partial charge in [0, 0.05) is 6.54 Å². The van der Waals surface area contributed by atoms with Crippen molar-refractivity contribution in [3.05, 3.63) is 96.1 Å². The smallest absolute Gasteiger partial charge is 0.239 e. The quantitative estimate of drug-likeness (QED) is 0.659. The SMILES string of the molecule is O=C1CS(=O)(=O)[C@@H](c2ccc(Oc3ccccc3)cc2)N1Cc1ccccc1. The van der Waals surface area contributed by atoms with Crippen LogP contribution >= 0.6 is 0 Å². The van der Waals surface area contributed by atoms with Crippen molar-refractivity contribution in [2.75, 3.05) is 5.75 Å². The fourth-order valence-corrected chi connectivity index (χ4v) is 5.14. The van der Waals surface area contributed by atoms with Crippen LogP contribution in [0.5, 0.6) is 11.5 Å². The molecule has 0 N–H and O–H groups in total. The topological polar surface area (TPSA) is 63.7 Å². The monoisotopic (exact) mass is 393 g/mol. The maximum Gasteiger partial charge on any atom is 0.239 e. The first-order valence-corrected chi connectivity index (χ1v) is 10.6. The number of ether oxygens (including phenoxy) is 1. The molecule has 5 nitrogen and oxygen atoms in total. The molecule has 1 aliphatic rings. The Bertz CT molecular complexity index is 1060.